The number of rotatable bonds is 6. The average molecular weight is 559 g/mol. The lowest BCUT2D eigenvalue weighted by Crippen LogP contribution is -2.48. The number of nitrogens with one attached hydrogen (secondary N) is 1. The first-order valence-electron chi connectivity index (χ1n) is 13.4. The van der Waals surface area contributed by atoms with E-state index in [-0.39, 0.29) is 48.3 Å². The SMILES string of the molecule is CC(C)(N)COc1cc(F)c2c(c1F)CC(CN1CCC3(CC1)CN(c1cnc4c(n1)NC(=O)CO4)C(=O)O3)C2. The summed E-state index contributed by atoms with van der Waals surface area (Å²) in [5, 5.41) is 2.60. The number of aromatic nitrogens is 2. The van der Waals surface area contributed by atoms with E-state index in [1.54, 1.807) is 13.8 Å². The minimum atomic E-state index is -0.665. The van der Waals surface area contributed by atoms with Crippen LogP contribution in [-0.2, 0) is 22.4 Å². The molecule has 6 rings (SSSR count). The van der Waals surface area contributed by atoms with Crippen LogP contribution in [0.25, 0.3) is 0 Å². The molecule has 1 aromatic heterocycles. The van der Waals surface area contributed by atoms with E-state index in [2.05, 4.69) is 20.2 Å². The third kappa shape index (κ3) is 5.15. The van der Waals surface area contributed by atoms with Gasteiger partial charge in [-0.1, -0.05) is 0 Å². The Morgan fingerprint density at radius 3 is 2.73 bits per heavy atom. The van der Waals surface area contributed by atoms with Crippen LogP contribution in [0.3, 0.4) is 0 Å². The van der Waals surface area contributed by atoms with Crippen molar-refractivity contribution in [1.29, 1.82) is 0 Å². The molecular weight excluding hydrogens is 526 g/mol. The highest BCUT2D eigenvalue weighted by atomic mass is 19.1. The molecule has 2 saturated heterocycles. The first kappa shape index (κ1) is 26.6. The van der Waals surface area contributed by atoms with Crippen molar-refractivity contribution in [3.8, 4) is 11.6 Å². The molecular formula is C27H32F2N6O5. The van der Waals surface area contributed by atoms with E-state index in [0.29, 0.717) is 63.0 Å². The molecule has 1 aliphatic carbocycles. The Labute approximate surface area is 230 Å². The first-order valence-corrected chi connectivity index (χ1v) is 13.4. The van der Waals surface area contributed by atoms with Gasteiger partial charge in [0.2, 0.25) is 0 Å². The van der Waals surface area contributed by atoms with Crippen molar-refractivity contribution in [2.75, 3.05) is 49.6 Å². The van der Waals surface area contributed by atoms with E-state index >= 15 is 4.39 Å². The molecule has 4 heterocycles. The molecule has 3 N–H and O–H groups in total. The maximum atomic E-state index is 15.2. The molecule has 2 fully saturated rings. The fraction of sp³-hybridized carbons (Fsp3) is 0.556. The highest BCUT2D eigenvalue weighted by Gasteiger charge is 2.48. The number of fused-ring (bicyclic) bond motifs is 2. The van der Waals surface area contributed by atoms with Crippen LogP contribution in [0.1, 0.15) is 37.8 Å². The van der Waals surface area contributed by atoms with Crippen LogP contribution >= 0.6 is 0 Å². The van der Waals surface area contributed by atoms with Gasteiger partial charge in [0, 0.05) is 44.1 Å². The Kier molecular flexibility index (Phi) is 6.53. The summed E-state index contributed by atoms with van der Waals surface area (Å²) in [5.41, 5.74) is 5.40. The van der Waals surface area contributed by atoms with Gasteiger partial charge in [0.05, 0.1) is 12.7 Å². The smallest absolute Gasteiger partial charge is 0.416 e. The van der Waals surface area contributed by atoms with Crippen molar-refractivity contribution in [3.63, 3.8) is 0 Å². The van der Waals surface area contributed by atoms with Crippen LogP contribution in [0.15, 0.2) is 12.3 Å². The zero-order chi connectivity index (χ0) is 28.2. The number of likely N-dealkylation sites (tertiary alicyclic amines) is 1. The number of nitrogens with zero attached hydrogens (tertiary/aromatic N) is 4. The number of nitrogens with two attached hydrogens (primary N) is 1. The van der Waals surface area contributed by atoms with Crippen LogP contribution in [0.4, 0.5) is 25.2 Å². The number of ether oxygens (including phenoxy) is 3. The minimum absolute atomic E-state index is 0.0695. The molecule has 214 valence electrons. The van der Waals surface area contributed by atoms with E-state index in [0.717, 1.165) is 6.07 Å². The van der Waals surface area contributed by atoms with Crippen LogP contribution in [0.5, 0.6) is 11.6 Å². The lowest BCUT2D eigenvalue weighted by atomic mass is 9.90. The van der Waals surface area contributed by atoms with Gasteiger partial charge in [0.15, 0.2) is 29.8 Å². The number of hydrogen-bond acceptors (Lipinski definition) is 9. The molecule has 1 unspecified atom stereocenters. The molecule has 2 aromatic rings. The Morgan fingerprint density at radius 2 is 1.98 bits per heavy atom. The average Bonchev–Trinajstić information content (AvgIpc) is 3.47. The largest absolute Gasteiger partial charge is 0.489 e. The maximum Gasteiger partial charge on any atom is 0.416 e. The van der Waals surface area contributed by atoms with Gasteiger partial charge in [-0.3, -0.25) is 9.69 Å². The molecule has 1 spiro atoms. The van der Waals surface area contributed by atoms with Crippen molar-refractivity contribution in [3.05, 3.63) is 35.0 Å². The van der Waals surface area contributed by atoms with Crippen molar-refractivity contribution in [2.24, 2.45) is 11.7 Å². The van der Waals surface area contributed by atoms with E-state index in [4.69, 9.17) is 19.9 Å². The molecule has 13 heteroatoms. The molecule has 11 nitrogen and oxygen atoms in total. The molecule has 1 atom stereocenters. The molecule has 3 aliphatic heterocycles. The number of hydrogen-bond donors (Lipinski definition) is 2. The predicted octanol–water partition coefficient (Wildman–Crippen LogP) is 2.41. The number of benzene rings is 1. The lowest BCUT2D eigenvalue weighted by Gasteiger charge is -2.38. The number of piperidine rings is 1. The number of carbonyl (C=O) groups excluding carboxylic acids is 2. The highest BCUT2D eigenvalue weighted by molar-refractivity contribution is 5.94. The van der Waals surface area contributed by atoms with Crippen LogP contribution in [0.2, 0.25) is 0 Å². The summed E-state index contributed by atoms with van der Waals surface area (Å²) in [6, 6.07) is 1.13. The Hall–Kier alpha value is -3.58. The summed E-state index contributed by atoms with van der Waals surface area (Å²) in [6.07, 6.45) is 3.03. The van der Waals surface area contributed by atoms with Gasteiger partial charge in [-0.15, -0.1) is 0 Å². The van der Waals surface area contributed by atoms with Gasteiger partial charge < -0.3 is 30.2 Å². The molecule has 1 aromatic carbocycles. The monoisotopic (exact) mass is 558 g/mol. The fourth-order valence-corrected chi connectivity index (χ4v) is 5.83. The van der Waals surface area contributed by atoms with E-state index < -0.39 is 28.9 Å². The summed E-state index contributed by atoms with van der Waals surface area (Å²) >= 11 is 0. The van der Waals surface area contributed by atoms with Gasteiger partial charge >= 0.3 is 6.09 Å². The molecule has 0 radical (unpaired) electrons. The van der Waals surface area contributed by atoms with Gasteiger partial charge in [0.1, 0.15) is 18.0 Å². The second-order valence-corrected chi connectivity index (χ2v) is 11.8. The van der Waals surface area contributed by atoms with Crippen molar-refractivity contribution < 1.29 is 32.6 Å². The Balaban J connectivity index is 1.06. The summed E-state index contributed by atoms with van der Waals surface area (Å²) in [7, 11) is 0. The zero-order valence-corrected chi connectivity index (χ0v) is 22.5. The second-order valence-electron chi connectivity index (χ2n) is 11.8. The lowest BCUT2D eigenvalue weighted by molar-refractivity contribution is -0.118. The van der Waals surface area contributed by atoms with Crippen LogP contribution in [0, 0.1) is 17.6 Å². The maximum absolute atomic E-state index is 15.2. The van der Waals surface area contributed by atoms with Gasteiger partial charge in [0.25, 0.3) is 11.8 Å². The number of carbonyl (C=O) groups is 2. The van der Waals surface area contributed by atoms with Gasteiger partial charge in [-0.05, 0) is 43.7 Å². The van der Waals surface area contributed by atoms with Crippen molar-refractivity contribution in [1.82, 2.24) is 14.9 Å². The van der Waals surface area contributed by atoms with Gasteiger partial charge in [-0.25, -0.2) is 23.5 Å². The van der Waals surface area contributed by atoms with E-state index in [1.165, 1.54) is 11.1 Å². The molecule has 0 bridgehead atoms. The summed E-state index contributed by atoms with van der Waals surface area (Å²) in [5.74, 6) is -0.667. The number of anilines is 2. The van der Waals surface area contributed by atoms with Crippen LogP contribution in [-0.4, -0.2) is 77.4 Å². The molecule has 0 saturated carbocycles. The van der Waals surface area contributed by atoms with Crippen molar-refractivity contribution >= 4 is 23.6 Å². The molecule has 4 aliphatic rings. The number of halogens is 2. The first-order chi connectivity index (χ1) is 19.0. The normalized spacial score (nSPS) is 22.0. The van der Waals surface area contributed by atoms with Gasteiger partial charge in [-0.2, -0.15) is 0 Å². The summed E-state index contributed by atoms with van der Waals surface area (Å²) < 4.78 is 46.6. The zero-order valence-electron chi connectivity index (χ0n) is 22.5. The Morgan fingerprint density at radius 1 is 1.23 bits per heavy atom. The summed E-state index contributed by atoms with van der Waals surface area (Å²) in [4.78, 5) is 36.6. The van der Waals surface area contributed by atoms with Crippen LogP contribution < -0.4 is 25.4 Å². The Bertz CT molecular complexity index is 1360. The van der Waals surface area contributed by atoms with E-state index in [1.807, 2.05) is 0 Å². The minimum Gasteiger partial charge on any atom is -0.489 e. The molecule has 40 heavy (non-hydrogen) atoms. The summed E-state index contributed by atoms with van der Waals surface area (Å²) in [6.45, 7) is 5.82. The third-order valence-electron chi connectivity index (χ3n) is 7.83. The third-order valence-corrected chi connectivity index (χ3v) is 7.83. The van der Waals surface area contributed by atoms with Crippen molar-refractivity contribution in [2.45, 2.75) is 50.7 Å². The fourth-order valence-electron chi connectivity index (χ4n) is 5.83. The highest BCUT2D eigenvalue weighted by Crippen LogP contribution is 2.39. The standard InChI is InChI=1S/C27H32F2N6O5/c1-26(2,30)14-39-19-9-18(28)16-7-15(8-17(16)22(19)29)11-34-5-3-27(4-6-34)13-35(25(37)40-27)20-10-31-24-23(32-20)33-21(36)12-38-24/h9-10,15H,3-8,11-14,30H2,1-2H3,(H,32,33,36). The topological polar surface area (TPSA) is 132 Å². The van der Waals surface area contributed by atoms with E-state index in [9.17, 15) is 14.0 Å². The number of amides is 2. The quantitative estimate of drug-likeness (QED) is 0.549. The molecule has 2 amide bonds. The second kappa shape index (κ2) is 9.81. The predicted molar refractivity (Wildman–Crippen MR) is 139 cm³/mol.